The van der Waals surface area contributed by atoms with Crippen LogP contribution in [-0.2, 0) is 0 Å². The summed E-state index contributed by atoms with van der Waals surface area (Å²) in [6, 6.07) is 29.3. The Kier molecular flexibility index (Phi) is 15.1. The highest BCUT2D eigenvalue weighted by Gasteiger charge is 2.33. The molecule has 17 nitrogen and oxygen atoms in total. The van der Waals surface area contributed by atoms with Crippen LogP contribution in [0.25, 0.3) is 33.8 Å². The molecule has 0 spiro atoms. The van der Waals surface area contributed by atoms with Crippen LogP contribution in [0.5, 0.6) is 0 Å². The second-order valence-electron chi connectivity index (χ2n) is 21.9. The third-order valence-electron chi connectivity index (χ3n) is 16.3. The minimum absolute atomic E-state index is 0.127. The number of rotatable bonds is 17. The Hall–Kier alpha value is -7.70. The lowest BCUT2D eigenvalue weighted by molar-refractivity contribution is 0.0997. The van der Waals surface area contributed by atoms with Crippen LogP contribution in [-0.4, -0.2) is 99.3 Å². The summed E-state index contributed by atoms with van der Waals surface area (Å²) in [7, 11) is 0. The van der Waals surface area contributed by atoms with Gasteiger partial charge in [0.1, 0.15) is 17.5 Å². The number of aromatic nitrogens is 5. The fraction of sp³-hybridized carbons (Fsp3) is 0.417. The van der Waals surface area contributed by atoms with Crippen LogP contribution >= 0.6 is 0 Å². The lowest BCUT2D eigenvalue weighted by Gasteiger charge is -2.40. The third kappa shape index (κ3) is 12.0. The van der Waals surface area contributed by atoms with Gasteiger partial charge in [-0.2, -0.15) is 4.98 Å². The summed E-state index contributed by atoms with van der Waals surface area (Å²) in [4.78, 5) is 49.0. The quantitative estimate of drug-likeness (QED) is 0.0500. The molecule has 2 saturated heterocycles. The zero-order valence-electron chi connectivity index (χ0n) is 43.9. The molecule has 2 aliphatic heterocycles. The van der Waals surface area contributed by atoms with Crippen molar-refractivity contribution in [3.8, 4) is 33.8 Å². The predicted octanol–water partition coefficient (Wildman–Crippen LogP) is 10.2. The summed E-state index contributed by atoms with van der Waals surface area (Å²) in [5.41, 5.74) is 10.8. The molecular weight excluding hydrogens is 986 g/mol. The van der Waals surface area contributed by atoms with Gasteiger partial charge in [0.05, 0.1) is 11.9 Å². The smallest absolute Gasteiger partial charge is 0.295 e. The van der Waals surface area contributed by atoms with Gasteiger partial charge in [0.25, 0.3) is 11.9 Å². The van der Waals surface area contributed by atoms with Crippen LogP contribution in [0.15, 0.2) is 119 Å². The molecule has 3 aromatic carbocycles. The Morgan fingerprint density at radius 1 is 0.628 bits per heavy atom. The number of nitrogens with two attached hydrogens (primary N) is 1. The largest absolute Gasteiger partial charge is 0.424 e. The molecule has 0 bridgehead atoms. The number of benzene rings is 3. The maximum Gasteiger partial charge on any atom is 0.295 e. The molecule has 7 N–H and O–H groups in total. The Morgan fingerprint density at radius 3 is 2.06 bits per heavy atom. The van der Waals surface area contributed by atoms with Crippen molar-refractivity contribution in [1.29, 1.82) is 0 Å². The molecular formula is C60H68FN13O4. The van der Waals surface area contributed by atoms with Gasteiger partial charge in [-0.3, -0.25) is 9.59 Å². The van der Waals surface area contributed by atoms with Crippen molar-refractivity contribution in [3.05, 3.63) is 132 Å². The van der Waals surface area contributed by atoms with Gasteiger partial charge < -0.3 is 51.1 Å². The SMILES string of the molecule is NC(=O)c1cccc(-c2ccnc(NC3CCCCC3NC3CCCN(c4ccc(F)c(NC(=O)c5cccc(-c6cnc(NC7CCCCC7NC7CCCN(c8ccc(-c9noc(C%10CC%10)n9)cn8)C7)o6)c5)c4)C3)c2)c1. The topological polar surface area (TPSA) is 218 Å². The number of anilines is 5. The first-order valence-electron chi connectivity index (χ1n) is 28.1. The van der Waals surface area contributed by atoms with E-state index in [9.17, 15) is 9.59 Å². The van der Waals surface area contributed by atoms with Crippen LogP contribution < -0.4 is 42.1 Å². The summed E-state index contributed by atoms with van der Waals surface area (Å²) in [6.45, 7) is 3.39. The van der Waals surface area contributed by atoms with Gasteiger partial charge in [0, 0.05) is 109 Å². The second-order valence-corrected chi connectivity index (χ2v) is 21.9. The number of pyridine rings is 2. The van der Waals surface area contributed by atoms with E-state index in [0.717, 1.165) is 156 Å². The molecule has 5 fully saturated rings. The van der Waals surface area contributed by atoms with E-state index < -0.39 is 17.6 Å². The number of nitrogens with one attached hydrogen (secondary N) is 5. The number of hydrogen-bond acceptors (Lipinski definition) is 15. The van der Waals surface area contributed by atoms with E-state index >= 15 is 4.39 Å². The highest BCUT2D eigenvalue weighted by molar-refractivity contribution is 6.05. The third-order valence-corrected chi connectivity index (χ3v) is 16.3. The van der Waals surface area contributed by atoms with Crippen LogP contribution in [0.4, 0.5) is 33.4 Å². The number of nitrogens with zero attached hydrogens (tertiary/aromatic N) is 7. The van der Waals surface area contributed by atoms with Crippen LogP contribution in [0.1, 0.15) is 122 Å². The normalized spacial score (nSPS) is 22.7. The molecule has 6 atom stereocenters. The van der Waals surface area contributed by atoms with Gasteiger partial charge in [0.15, 0.2) is 5.76 Å². The van der Waals surface area contributed by atoms with Crippen molar-refractivity contribution in [3.63, 3.8) is 0 Å². The lowest BCUT2D eigenvalue weighted by atomic mass is 9.89. The highest BCUT2D eigenvalue weighted by atomic mass is 19.1. The number of primary amides is 1. The standard InChI is InChI=1S/C60H68FN13O4/c61-47-23-22-46(73-27-7-13-44(35-73)66-48-15-1-3-17-50(48)68-54-31-39(25-26-63-54)38-9-5-11-41(29-38)56(62)75)32-52(47)69-58(76)42-12-6-10-40(30-42)53-34-65-60(77-53)70-51-18-4-2-16-49(51)67-45-14-8-28-74(36-45)55-24-21-43(33-64-55)57-71-59(78-72-57)37-19-20-37/h5-6,9-12,21-26,29-34,37,44-45,48-51,66-67H,1-4,7-8,13-20,27-28,35-36H2,(H2,62,75)(H,63,68)(H,65,70)(H,69,76). The summed E-state index contributed by atoms with van der Waals surface area (Å²) in [5.74, 6) is 2.62. The van der Waals surface area contributed by atoms with Gasteiger partial charge in [-0.25, -0.2) is 19.3 Å². The van der Waals surface area contributed by atoms with Crippen molar-refractivity contribution >= 4 is 40.8 Å². The lowest BCUT2D eigenvalue weighted by Crippen LogP contribution is -2.55. The molecule has 404 valence electrons. The fourth-order valence-electron chi connectivity index (χ4n) is 12.0. The maximum atomic E-state index is 15.5. The Balaban J connectivity index is 0.643. The minimum atomic E-state index is -0.502. The Morgan fingerprint density at radius 2 is 1.32 bits per heavy atom. The van der Waals surface area contributed by atoms with Crippen molar-refractivity contribution in [1.82, 2.24) is 35.7 Å². The average molecular weight is 1050 g/mol. The molecule has 7 aromatic rings. The zero-order chi connectivity index (χ0) is 53.0. The van der Waals surface area contributed by atoms with Gasteiger partial charge in [-0.15, -0.1) is 0 Å². The first-order valence-corrected chi connectivity index (χ1v) is 28.1. The van der Waals surface area contributed by atoms with Crippen molar-refractivity contribution in [2.24, 2.45) is 5.73 Å². The summed E-state index contributed by atoms with van der Waals surface area (Å²) in [5, 5.41) is 22.4. The Bertz CT molecular complexity index is 3220. The molecule has 18 heteroatoms. The number of hydrogen-bond donors (Lipinski definition) is 6. The fourth-order valence-corrected chi connectivity index (χ4v) is 12.0. The van der Waals surface area contributed by atoms with E-state index in [4.69, 9.17) is 19.7 Å². The number of amides is 2. The van der Waals surface area contributed by atoms with Gasteiger partial charge in [-0.05, 0) is 142 Å². The number of halogens is 1. The van der Waals surface area contributed by atoms with Crippen molar-refractivity contribution in [2.45, 2.75) is 132 Å². The van der Waals surface area contributed by atoms with Gasteiger partial charge in [-0.1, -0.05) is 55.1 Å². The molecule has 6 heterocycles. The highest BCUT2D eigenvalue weighted by Crippen LogP contribution is 2.40. The summed E-state index contributed by atoms with van der Waals surface area (Å²) < 4.78 is 27.3. The van der Waals surface area contributed by atoms with E-state index in [1.807, 2.05) is 48.7 Å². The number of oxazole rings is 1. The van der Waals surface area contributed by atoms with Crippen LogP contribution in [0, 0.1) is 5.82 Å². The van der Waals surface area contributed by atoms with E-state index in [2.05, 4.69) is 62.6 Å². The molecule has 5 aliphatic rings. The van der Waals surface area contributed by atoms with E-state index in [-0.39, 0.29) is 35.9 Å². The molecule has 3 aliphatic carbocycles. The molecule has 0 radical (unpaired) electrons. The minimum Gasteiger partial charge on any atom is -0.424 e. The number of carbonyl (C=O) groups excluding carboxylic acids is 2. The first-order chi connectivity index (χ1) is 38.2. The Labute approximate surface area is 453 Å². The van der Waals surface area contributed by atoms with Gasteiger partial charge >= 0.3 is 0 Å². The van der Waals surface area contributed by atoms with Crippen molar-refractivity contribution in [2.75, 3.05) is 51.9 Å². The average Bonchev–Trinajstić information content (AvgIpc) is 4.04. The van der Waals surface area contributed by atoms with E-state index in [1.54, 1.807) is 48.8 Å². The number of carbonyl (C=O) groups is 2. The molecule has 78 heavy (non-hydrogen) atoms. The molecule has 6 unspecified atom stereocenters. The molecule has 12 rings (SSSR count). The molecule has 2 amide bonds. The van der Waals surface area contributed by atoms with Crippen molar-refractivity contribution < 1.29 is 22.9 Å². The number of piperidine rings is 2. The monoisotopic (exact) mass is 1050 g/mol. The zero-order valence-corrected chi connectivity index (χ0v) is 43.9. The first kappa shape index (κ1) is 51.1. The molecule has 4 aromatic heterocycles. The predicted molar refractivity (Wildman–Crippen MR) is 300 cm³/mol. The second kappa shape index (κ2) is 23.1. The van der Waals surface area contributed by atoms with E-state index in [0.29, 0.717) is 46.2 Å². The van der Waals surface area contributed by atoms with E-state index in [1.165, 1.54) is 6.07 Å². The summed E-state index contributed by atoms with van der Waals surface area (Å²) in [6.07, 6.45) is 20.3. The van der Waals surface area contributed by atoms with Crippen LogP contribution in [0.3, 0.4) is 0 Å². The summed E-state index contributed by atoms with van der Waals surface area (Å²) >= 11 is 0. The van der Waals surface area contributed by atoms with Crippen LogP contribution in [0.2, 0.25) is 0 Å². The molecule has 3 saturated carbocycles. The maximum absolute atomic E-state index is 15.5. The van der Waals surface area contributed by atoms with Gasteiger partial charge in [0.2, 0.25) is 17.6 Å².